The highest BCUT2D eigenvalue weighted by Crippen LogP contribution is 2.40. The SMILES string of the molecule is C[C@@]1(O)C(n2ccc(NC(=O)c3ccccc3)nc2=O)O[C@H](COC(=O)c2ccccc2)[C@H]1OC(=O)c1ccccc1. The molecule has 1 aromatic heterocycles. The van der Waals surface area contributed by atoms with Crippen molar-refractivity contribution in [1.29, 1.82) is 0 Å². The number of nitrogens with zero attached hydrogens (tertiary/aromatic N) is 2. The first-order chi connectivity index (χ1) is 20.2. The van der Waals surface area contributed by atoms with Crippen molar-refractivity contribution in [2.24, 2.45) is 0 Å². The number of aliphatic hydroxyl groups is 1. The topological polar surface area (TPSA) is 146 Å². The minimum absolute atomic E-state index is 0.0110. The van der Waals surface area contributed by atoms with Crippen LogP contribution >= 0.6 is 0 Å². The molecule has 1 aliphatic heterocycles. The van der Waals surface area contributed by atoms with Crippen LogP contribution in [0.15, 0.2) is 108 Å². The Morgan fingerprint density at radius 2 is 1.43 bits per heavy atom. The lowest BCUT2D eigenvalue weighted by atomic mass is 9.96. The van der Waals surface area contributed by atoms with Crippen LogP contribution in [0, 0.1) is 0 Å². The van der Waals surface area contributed by atoms with Gasteiger partial charge in [0.1, 0.15) is 24.1 Å². The van der Waals surface area contributed by atoms with Gasteiger partial charge in [0.25, 0.3) is 5.91 Å². The molecule has 214 valence electrons. The smallest absolute Gasteiger partial charge is 0.351 e. The first-order valence-corrected chi connectivity index (χ1v) is 13.1. The molecule has 11 nitrogen and oxygen atoms in total. The zero-order valence-electron chi connectivity index (χ0n) is 22.5. The minimum Gasteiger partial charge on any atom is -0.459 e. The third-order valence-electron chi connectivity index (χ3n) is 6.71. The quantitative estimate of drug-likeness (QED) is 0.305. The number of ether oxygens (including phenoxy) is 3. The van der Waals surface area contributed by atoms with E-state index in [1.807, 2.05) is 0 Å². The molecule has 3 aromatic carbocycles. The van der Waals surface area contributed by atoms with Crippen molar-refractivity contribution in [2.45, 2.75) is 31.0 Å². The van der Waals surface area contributed by atoms with E-state index in [0.717, 1.165) is 4.57 Å². The number of esters is 2. The molecule has 0 spiro atoms. The largest absolute Gasteiger partial charge is 0.459 e. The van der Waals surface area contributed by atoms with Gasteiger partial charge >= 0.3 is 17.6 Å². The lowest BCUT2D eigenvalue weighted by Crippen LogP contribution is -2.48. The monoisotopic (exact) mass is 569 g/mol. The molecule has 1 saturated heterocycles. The van der Waals surface area contributed by atoms with Crippen molar-refractivity contribution in [1.82, 2.24) is 9.55 Å². The average molecular weight is 570 g/mol. The van der Waals surface area contributed by atoms with Crippen molar-refractivity contribution < 1.29 is 33.7 Å². The minimum atomic E-state index is -1.96. The Hall–Kier alpha value is -5.13. The van der Waals surface area contributed by atoms with Crippen molar-refractivity contribution in [3.05, 3.63) is 130 Å². The second-order valence-corrected chi connectivity index (χ2v) is 9.73. The third kappa shape index (κ3) is 6.12. The summed E-state index contributed by atoms with van der Waals surface area (Å²) in [5, 5.41) is 14.2. The van der Waals surface area contributed by atoms with E-state index in [2.05, 4.69) is 10.3 Å². The summed E-state index contributed by atoms with van der Waals surface area (Å²) in [4.78, 5) is 55.0. The molecule has 2 heterocycles. The standard InChI is InChI=1S/C31H27N3O8/c1-31(39)25(42-28(37)22-15-9-4-10-16-22)23(19-40-27(36)21-13-7-3-8-14-21)41-29(31)34-18-17-24(33-30(34)38)32-26(35)20-11-5-2-6-12-20/h2-18,23,25,29,39H,19H2,1H3,(H,32,33,35,38)/t23-,25-,29?,31+/m1/s1. The zero-order chi connectivity index (χ0) is 29.7. The van der Waals surface area contributed by atoms with Crippen molar-refractivity contribution >= 4 is 23.7 Å². The maximum absolute atomic E-state index is 13.1. The molecule has 4 atom stereocenters. The van der Waals surface area contributed by atoms with E-state index in [9.17, 15) is 24.3 Å². The van der Waals surface area contributed by atoms with Crippen molar-refractivity contribution in [3.8, 4) is 0 Å². The molecule has 0 aliphatic carbocycles. The average Bonchev–Trinajstić information content (AvgIpc) is 3.25. The number of anilines is 1. The fourth-order valence-electron chi connectivity index (χ4n) is 4.57. The molecule has 42 heavy (non-hydrogen) atoms. The summed E-state index contributed by atoms with van der Waals surface area (Å²) in [6.45, 7) is 0.956. The van der Waals surface area contributed by atoms with E-state index in [1.54, 1.807) is 91.0 Å². The summed E-state index contributed by atoms with van der Waals surface area (Å²) in [5.74, 6) is -1.86. The Bertz CT molecular complexity index is 1620. The first-order valence-electron chi connectivity index (χ1n) is 13.1. The maximum Gasteiger partial charge on any atom is 0.351 e. The molecule has 1 fully saturated rings. The van der Waals surface area contributed by atoms with Crippen molar-refractivity contribution in [3.63, 3.8) is 0 Å². The van der Waals surface area contributed by atoms with Crippen LogP contribution in [0.1, 0.15) is 44.2 Å². The Balaban J connectivity index is 1.39. The van der Waals surface area contributed by atoms with E-state index in [4.69, 9.17) is 14.2 Å². The highest BCUT2D eigenvalue weighted by molar-refractivity contribution is 6.03. The Kier molecular flexibility index (Phi) is 8.23. The molecule has 0 bridgehead atoms. The number of amides is 1. The molecule has 0 saturated carbocycles. The number of rotatable bonds is 8. The molecule has 1 amide bonds. The third-order valence-corrected chi connectivity index (χ3v) is 6.71. The van der Waals surface area contributed by atoms with Gasteiger partial charge in [0.2, 0.25) is 0 Å². The Morgan fingerprint density at radius 3 is 2.00 bits per heavy atom. The fraction of sp³-hybridized carbons (Fsp3) is 0.194. The summed E-state index contributed by atoms with van der Waals surface area (Å²) >= 11 is 0. The number of carbonyl (C=O) groups excluding carboxylic acids is 3. The van der Waals surface area contributed by atoms with Gasteiger partial charge in [-0.3, -0.25) is 9.36 Å². The molecule has 11 heteroatoms. The predicted molar refractivity (Wildman–Crippen MR) is 150 cm³/mol. The van der Waals surface area contributed by atoms with Gasteiger partial charge in [0, 0.05) is 11.8 Å². The molecule has 1 aliphatic rings. The Labute approximate surface area is 240 Å². The molecule has 0 radical (unpaired) electrons. The first kappa shape index (κ1) is 28.4. The molecule has 1 unspecified atom stereocenters. The van der Waals surface area contributed by atoms with E-state index in [-0.39, 0.29) is 18.0 Å². The summed E-state index contributed by atoms with van der Waals surface area (Å²) in [6, 6.07) is 26.2. The van der Waals surface area contributed by atoms with Crippen LogP contribution in [0.25, 0.3) is 0 Å². The van der Waals surface area contributed by atoms with Gasteiger partial charge in [-0.05, 0) is 49.4 Å². The summed E-state index contributed by atoms with van der Waals surface area (Å²) in [5.41, 5.74) is -1.91. The summed E-state index contributed by atoms with van der Waals surface area (Å²) < 4.78 is 18.1. The van der Waals surface area contributed by atoms with E-state index >= 15 is 0 Å². The lowest BCUT2D eigenvalue weighted by molar-refractivity contribution is -0.101. The van der Waals surface area contributed by atoms with Crippen LogP contribution in [-0.2, 0) is 14.2 Å². The van der Waals surface area contributed by atoms with E-state index in [0.29, 0.717) is 11.1 Å². The summed E-state index contributed by atoms with van der Waals surface area (Å²) in [6.07, 6.45) is -2.58. The van der Waals surface area contributed by atoms with E-state index < -0.39 is 47.6 Å². The molecular weight excluding hydrogens is 542 g/mol. The number of aromatic nitrogens is 2. The van der Waals surface area contributed by atoms with Crippen molar-refractivity contribution in [2.75, 3.05) is 11.9 Å². The van der Waals surface area contributed by atoms with Gasteiger partial charge in [0.05, 0.1) is 11.1 Å². The number of benzene rings is 3. The second kappa shape index (κ2) is 12.2. The normalized spacial score (nSPS) is 21.3. The zero-order valence-corrected chi connectivity index (χ0v) is 22.5. The number of carbonyl (C=O) groups is 3. The van der Waals surface area contributed by atoms with Crippen LogP contribution in [0.3, 0.4) is 0 Å². The number of nitrogens with one attached hydrogen (secondary N) is 1. The predicted octanol–water partition coefficient (Wildman–Crippen LogP) is 3.23. The van der Waals surface area contributed by atoms with Crippen LogP contribution in [0.2, 0.25) is 0 Å². The van der Waals surface area contributed by atoms with Crippen LogP contribution in [-0.4, -0.2) is 56.9 Å². The number of hydrogen-bond donors (Lipinski definition) is 2. The summed E-state index contributed by atoms with van der Waals surface area (Å²) in [7, 11) is 0. The van der Waals surface area contributed by atoms with E-state index in [1.165, 1.54) is 19.2 Å². The molecular formula is C31H27N3O8. The van der Waals surface area contributed by atoms with Gasteiger partial charge in [-0.15, -0.1) is 0 Å². The van der Waals surface area contributed by atoms with Gasteiger partial charge in [-0.25, -0.2) is 14.4 Å². The van der Waals surface area contributed by atoms with Gasteiger partial charge < -0.3 is 24.6 Å². The molecule has 5 rings (SSSR count). The van der Waals surface area contributed by atoms with Gasteiger partial charge in [-0.1, -0.05) is 54.6 Å². The molecule has 4 aromatic rings. The van der Waals surface area contributed by atoms with Gasteiger partial charge in [-0.2, -0.15) is 4.98 Å². The van der Waals surface area contributed by atoms with Crippen LogP contribution < -0.4 is 11.0 Å². The molecule has 2 N–H and O–H groups in total. The number of hydrogen-bond acceptors (Lipinski definition) is 9. The second-order valence-electron chi connectivity index (χ2n) is 9.73. The fourth-order valence-corrected chi connectivity index (χ4v) is 4.57. The van der Waals surface area contributed by atoms with Crippen LogP contribution in [0.4, 0.5) is 5.82 Å². The highest BCUT2D eigenvalue weighted by atomic mass is 16.6. The lowest BCUT2D eigenvalue weighted by Gasteiger charge is -2.30. The highest BCUT2D eigenvalue weighted by Gasteiger charge is 2.57. The van der Waals surface area contributed by atoms with Gasteiger partial charge in [0.15, 0.2) is 12.3 Å². The Morgan fingerprint density at radius 1 is 0.881 bits per heavy atom. The van der Waals surface area contributed by atoms with Crippen LogP contribution in [0.5, 0.6) is 0 Å². The maximum atomic E-state index is 13.1.